The van der Waals surface area contributed by atoms with Crippen LogP contribution in [0.2, 0.25) is 0 Å². The van der Waals surface area contributed by atoms with Gasteiger partial charge in [-0.05, 0) is 38.0 Å². The quantitative estimate of drug-likeness (QED) is 0.808. The second-order valence-corrected chi connectivity index (χ2v) is 4.91. The molecule has 1 atom stereocenters. The molecular formula is C16H14N4O. The van der Waals surface area contributed by atoms with Crippen molar-refractivity contribution in [1.82, 2.24) is 9.55 Å². The molecule has 1 heterocycles. The van der Waals surface area contributed by atoms with Gasteiger partial charge in [-0.15, -0.1) is 0 Å². The first kappa shape index (κ1) is 14.5. The number of carbonyl (C=O) groups excluding carboxylic acids is 1. The van der Waals surface area contributed by atoms with Crippen molar-refractivity contribution in [3.05, 3.63) is 52.6 Å². The van der Waals surface area contributed by atoms with Gasteiger partial charge < -0.3 is 4.57 Å². The van der Waals surface area contributed by atoms with E-state index in [2.05, 4.69) is 4.98 Å². The van der Waals surface area contributed by atoms with Gasteiger partial charge in [0.05, 0.1) is 12.4 Å². The number of Topliss-reactive ketones (excluding diaryl/α,β-unsaturated/α-hetero) is 1. The second kappa shape index (κ2) is 5.60. The first-order valence-corrected chi connectivity index (χ1v) is 6.48. The first-order chi connectivity index (χ1) is 9.99. The van der Waals surface area contributed by atoms with Gasteiger partial charge in [-0.1, -0.05) is 12.1 Å². The van der Waals surface area contributed by atoms with Gasteiger partial charge in [0.15, 0.2) is 17.2 Å². The number of ketones is 1. The number of aryl methyl sites for hydroxylation is 2. The van der Waals surface area contributed by atoms with Crippen molar-refractivity contribution in [2.75, 3.05) is 0 Å². The van der Waals surface area contributed by atoms with E-state index in [0.29, 0.717) is 5.56 Å². The van der Waals surface area contributed by atoms with Crippen LogP contribution in [-0.4, -0.2) is 15.3 Å². The number of hydrogen-bond donors (Lipinski definition) is 0. The summed E-state index contributed by atoms with van der Waals surface area (Å²) in [5, 5.41) is 18.0. The summed E-state index contributed by atoms with van der Waals surface area (Å²) < 4.78 is 1.44. The molecule has 2 rings (SSSR count). The first-order valence-electron chi connectivity index (χ1n) is 6.48. The Morgan fingerprint density at radius 2 is 1.95 bits per heavy atom. The van der Waals surface area contributed by atoms with Crippen molar-refractivity contribution < 1.29 is 4.79 Å². The maximum atomic E-state index is 12.5. The lowest BCUT2D eigenvalue weighted by atomic mass is 10.00. The lowest BCUT2D eigenvalue weighted by Crippen LogP contribution is -2.17. The molecule has 0 radical (unpaired) electrons. The minimum atomic E-state index is -0.587. The van der Waals surface area contributed by atoms with Gasteiger partial charge in [-0.2, -0.15) is 10.5 Å². The Labute approximate surface area is 123 Å². The van der Waals surface area contributed by atoms with Gasteiger partial charge >= 0.3 is 0 Å². The number of imidazole rings is 1. The molecule has 2 aromatic rings. The summed E-state index contributed by atoms with van der Waals surface area (Å²) in [5.41, 5.74) is 2.89. The van der Waals surface area contributed by atoms with Crippen LogP contribution in [-0.2, 0) is 0 Å². The molecule has 0 bridgehead atoms. The lowest BCUT2D eigenvalue weighted by molar-refractivity contribution is 0.0934. The second-order valence-electron chi connectivity index (χ2n) is 4.91. The lowest BCUT2D eigenvalue weighted by Gasteiger charge is -2.14. The maximum Gasteiger partial charge on any atom is 0.185 e. The fraction of sp³-hybridized carbons (Fsp3) is 0.250. The van der Waals surface area contributed by atoms with E-state index in [1.54, 1.807) is 13.0 Å². The SMILES string of the molecule is Cc1ccc(C(=O)C(C)n2cnc(C#N)c2C#N)cc1C. The molecule has 5 heteroatoms. The summed E-state index contributed by atoms with van der Waals surface area (Å²) in [7, 11) is 0. The molecule has 1 aromatic heterocycles. The third kappa shape index (κ3) is 2.54. The Hall–Kier alpha value is -2.92. The van der Waals surface area contributed by atoms with E-state index in [0.717, 1.165) is 11.1 Å². The molecule has 5 nitrogen and oxygen atoms in total. The topological polar surface area (TPSA) is 82.5 Å². The molecule has 104 valence electrons. The zero-order chi connectivity index (χ0) is 15.6. The van der Waals surface area contributed by atoms with Gasteiger partial charge in [0.25, 0.3) is 0 Å². The zero-order valence-electron chi connectivity index (χ0n) is 12.1. The Morgan fingerprint density at radius 1 is 1.24 bits per heavy atom. The van der Waals surface area contributed by atoms with E-state index in [9.17, 15) is 4.79 Å². The van der Waals surface area contributed by atoms with Gasteiger partial charge in [0, 0.05) is 5.56 Å². The molecule has 0 amide bonds. The molecule has 1 unspecified atom stereocenters. The average Bonchev–Trinajstić information content (AvgIpc) is 2.91. The third-order valence-corrected chi connectivity index (χ3v) is 3.59. The molecular weight excluding hydrogens is 264 g/mol. The summed E-state index contributed by atoms with van der Waals surface area (Å²) in [4.78, 5) is 16.4. The van der Waals surface area contributed by atoms with E-state index in [1.807, 2.05) is 38.1 Å². The van der Waals surface area contributed by atoms with Crippen LogP contribution in [0.3, 0.4) is 0 Å². The zero-order valence-corrected chi connectivity index (χ0v) is 12.1. The third-order valence-electron chi connectivity index (χ3n) is 3.59. The molecule has 0 aliphatic carbocycles. The number of hydrogen-bond acceptors (Lipinski definition) is 4. The van der Waals surface area contributed by atoms with Crippen molar-refractivity contribution >= 4 is 5.78 Å². The molecule has 0 saturated heterocycles. The van der Waals surface area contributed by atoms with Crippen molar-refractivity contribution in [2.24, 2.45) is 0 Å². The van der Waals surface area contributed by atoms with Crippen LogP contribution >= 0.6 is 0 Å². The van der Waals surface area contributed by atoms with Crippen molar-refractivity contribution in [1.29, 1.82) is 10.5 Å². The Balaban J connectivity index is 2.40. The summed E-state index contributed by atoms with van der Waals surface area (Å²) in [6.45, 7) is 5.62. The van der Waals surface area contributed by atoms with Crippen molar-refractivity contribution in [3.8, 4) is 12.1 Å². The Bertz CT molecular complexity index is 790. The number of rotatable bonds is 3. The normalized spacial score (nSPS) is 11.5. The highest BCUT2D eigenvalue weighted by molar-refractivity contribution is 5.99. The average molecular weight is 278 g/mol. The standard InChI is InChI=1S/C16H14N4O/c1-10-4-5-13(6-11(10)2)16(21)12(3)20-9-19-14(7-17)15(20)8-18/h4-6,9,12H,1-3H3. The maximum absolute atomic E-state index is 12.5. The molecule has 0 N–H and O–H groups in total. The van der Waals surface area contributed by atoms with Crippen LogP contribution in [0.4, 0.5) is 0 Å². The van der Waals surface area contributed by atoms with Crippen LogP contribution in [0.15, 0.2) is 24.5 Å². The van der Waals surface area contributed by atoms with Crippen molar-refractivity contribution in [3.63, 3.8) is 0 Å². The van der Waals surface area contributed by atoms with E-state index in [1.165, 1.54) is 10.9 Å². The van der Waals surface area contributed by atoms with E-state index in [-0.39, 0.29) is 17.2 Å². The molecule has 1 aromatic carbocycles. The summed E-state index contributed by atoms with van der Waals surface area (Å²) in [6, 6.07) is 8.70. The minimum absolute atomic E-state index is 0.0391. The highest BCUT2D eigenvalue weighted by Crippen LogP contribution is 2.19. The molecule has 0 aliphatic rings. The number of benzene rings is 1. The highest BCUT2D eigenvalue weighted by Gasteiger charge is 2.22. The number of carbonyl (C=O) groups is 1. The van der Waals surface area contributed by atoms with Crippen molar-refractivity contribution in [2.45, 2.75) is 26.8 Å². The number of nitrogens with zero attached hydrogens (tertiary/aromatic N) is 4. The minimum Gasteiger partial charge on any atom is -0.310 e. The molecule has 0 saturated carbocycles. The fourth-order valence-corrected chi connectivity index (χ4v) is 2.11. The van der Waals surface area contributed by atoms with Crippen LogP contribution in [0.25, 0.3) is 0 Å². The van der Waals surface area contributed by atoms with Crippen LogP contribution in [0.5, 0.6) is 0 Å². The predicted octanol–water partition coefficient (Wildman–Crippen LogP) is 2.69. The predicted molar refractivity (Wildman–Crippen MR) is 76.6 cm³/mol. The van der Waals surface area contributed by atoms with Crippen LogP contribution in [0.1, 0.15) is 45.8 Å². The summed E-state index contributed by atoms with van der Waals surface area (Å²) in [6.07, 6.45) is 1.36. The van der Waals surface area contributed by atoms with E-state index >= 15 is 0 Å². The monoisotopic (exact) mass is 278 g/mol. The van der Waals surface area contributed by atoms with Gasteiger partial charge in [-0.3, -0.25) is 4.79 Å². The number of aromatic nitrogens is 2. The van der Waals surface area contributed by atoms with Gasteiger partial charge in [0.2, 0.25) is 0 Å². The molecule has 0 spiro atoms. The highest BCUT2D eigenvalue weighted by atomic mass is 16.1. The van der Waals surface area contributed by atoms with E-state index < -0.39 is 6.04 Å². The largest absolute Gasteiger partial charge is 0.310 e. The fourth-order valence-electron chi connectivity index (χ4n) is 2.11. The molecule has 0 aliphatic heterocycles. The van der Waals surface area contributed by atoms with Crippen LogP contribution in [0, 0.1) is 36.5 Å². The molecule has 21 heavy (non-hydrogen) atoms. The van der Waals surface area contributed by atoms with Crippen LogP contribution < -0.4 is 0 Å². The van der Waals surface area contributed by atoms with E-state index in [4.69, 9.17) is 10.5 Å². The molecule has 0 fully saturated rings. The van der Waals surface area contributed by atoms with Gasteiger partial charge in [-0.25, -0.2) is 4.98 Å². The Kier molecular flexibility index (Phi) is 3.86. The number of nitriles is 2. The smallest absolute Gasteiger partial charge is 0.185 e. The summed E-state index contributed by atoms with van der Waals surface area (Å²) in [5.74, 6) is -0.114. The Morgan fingerprint density at radius 3 is 2.52 bits per heavy atom. The summed E-state index contributed by atoms with van der Waals surface area (Å²) >= 11 is 0. The van der Waals surface area contributed by atoms with Gasteiger partial charge in [0.1, 0.15) is 12.1 Å².